The predicted molar refractivity (Wildman–Crippen MR) is 135 cm³/mol. The molecular weight excluding hydrogens is 474 g/mol. The van der Waals surface area contributed by atoms with Gasteiger partial charge in [0, 0.05) is 11.5 Å². The minimum atomic E-state index is -1.15. The van der Waals surface area contributed by atoms with Crippen LogP contribution in [0.1, 0.15) is 78.6 Å². The van der Waals surface area contributed by atoms with Gasteiger partial charge in [-0.05, 0) is 99.4 Å². The first-order valence-electron chi connectivity index (χ1n) is 14.5. The third kappa shape index (κ3) is 3.80. The van der Waals surface area contributed by atoms with Crippen LogP contribution in [0.5, 0.6) is 0 Å². The van der Waals surface area contributed by atoms with Gasteiger partial charge in [0.25, 0.3) is 0 Å². The summed E-state index contributed by atoms with van der Waals surface area (Å²) in [4.78, 5) is 11.8. The zero-order valence-electron chi connectivity index (χ0n) is 22.5. The van der Waals surface area contributed by atoms with Crippen molar-refractivity contribution in [3.63, 3.8) is 0 Å². The lowest BCUT2D eigenvalue weighted by atomic mass is 9.43. The van der Waals surface area contributed by atoms with E-state index in [-0.39, 0.29) is 40.8 Å². The first-order chi connectivity index (χ1) is 17.5. The van der Waals surface area contributed by atoms with E-state index in [0.29, 0.717) is 18.4 Å². The molecule has 5 fully saturated rings. The largest absolute Gasteiger partial charge is 0.458 e. The lowest BCUT2D eigenvalue weighted by molar-refractivity contribution is -0.291. The third-order valence-corrected chi connectivity index (χ3v) is 12.2. The summed E-state index contributed by atoms with van der Waals surface area (Å²) in [5.74, 6) is 1.21. The lowest BCUT2D eigenvalue weighted by Crippen LogP contribution is -2.63. The summed E-state index contributed by atoms with van der Waals surface area (Å²) in [7, 11) is 0. The van der Waals surface area contributed by atoms with E-state index in [4.69, 9.17) is 19.9 Å². The Morgan fingerprint density at radius 3 is 2.54 bits per heavy atom. The number of hydrogen-bond donors (Lipinski definition) is 4. The van der Waals surface area contributed by atoms with E-state index in [9.17, 15) is 20.1 Å². The van der Waals surface area contributed by atoms with Crippen LogP contribution in [-0.4, -0.2) is 70.2 Å². The number of carbonyl (C=O) groups excluding carboxylic acids is 1. The Bertz CT molecular complexity index is 957. The number of nitrogens with two attached hydrogens (primary N) is 1. The molecule has 5 N–H and O–H groups in total. The Hall–Kier alpha value is -1.03. The van der Waals surface area contributed by atoms with E-state index < -0.39 is 30.1 Å². The first-order valence-corrected chi connectivity index (χ1v) is 14.5. The monoisotopic (exact) mass is 519 g/mol. The van der Waals surface area contributed by atoms with Crippen LogP contribution < -0.4 is 5.73 Å². The maximum absolute atomic E-state index is 12.4. The first kappa shape index (κ1) is 26.2. The van der Waals surface area contributed by atoms with Crippen LogP contribution in [0.2, 0.25) is 0 Å². The minimum Gasteiger partial charge on any atom is -0.458 e. The Labute approximate surface area is 219 Å². The molecule has 2 heterocycles. The van der Waals surface area contributed by atoms with Crippen LogP contribution in [0.3, 0.4) is 0 Å². The molecule has 6 aliphatic rings. The quantitative estimate of drug-likeness (QED) is 0.330. The molecule has 0 bridgehead atoms. The van der Waals surface area contributed by atoms with Crippen molar-refractivity contribution < 1.29 is 34.3 Å². The van der Waals surface area contributed by atoms with Crippen molar-refractivity contribution >= 4 is 5.97 Å². The Morgan fingerprint density at radius 2 is 1.81 bits per heavy atom. The fourth-order valence-corrected chi connectivity index (χ4v) is 9.85. The van der Waals surface area contributed by atoms with Gasteiger partial charge in [-0.2, -0.15) is 0 Å². The van der Waals surface area contributed by atoms with E-state index in [2.05, 4.69) is 13.8 Å². The van der Waals surface area contributed by atoms with Crippen molar-refractivity contribution in [3.8, 4) is 0 Å². The highest BCUT2D eigenvalue weighted by atomic mass is 16.7. The summed E-state index contributed by atoms with van der Waals surface area (Å²) in [6.07, 6.45) is 6.88. The highest BCUT2D eigenvalue weighted by Gasteiger charge is 2.67. The predicted octanol–water partition coefficient (Wildman–Crippen LogP) is 2.42. The highest BCUT2D eigenvalue weighted by molar-refractivity contribution is 5.85. The fourth-order valence-electron chi connectivity index (χ4n) is 9.85. The van der Waals surface area contributed by atoms with Gasteiger partial charge in [0.2, 0.25) is 0 Å². The molecule has 4 saturated carbocycles. The smallest absolute Gasteiger partial charge is 0.331 e. The summed E-state index contributed by atoms with van der Waals surface area (Å²) < 4.78 is 17.3. The van der Waals surface area contributed by atoms with Crippen molar-refractivity contribution in [2.45, 2.75) is 121 Å². The van der Waals surface area contributed by atoms with Gasteiger partial charge in [-0.3, -0.25) is 0 Å². The SMILES string of the molecule is C[C@H]1O[C@@H](O[C@H]2CC[C@@]3(C)[C@H](CC[C@@H]4[C@@H]3CC[C@]3(C)[C@@H](C5=CC(=O)OC5)CC[C@]43O)C2)[C@H](O)[C@@H](O)[C@@H]1N. The molecule has 8 heteroatoms. The van der Waals surface area contributed by atoms with E-state index in [0.717, 1.165) is 63.4 Å². The van der Waals surface area contributed by atoms with Gasteiger partial charge in [0.15, 0.2) is 6.29 Å². The number of carbonyl (C=O) groups is 1. The third-order valence-electron chi connectivity index (χ3n) is 12.2. The Balaban J connectivity index is 1.16. The molecule has 0 aromatic heterocycles. The van der Waals surface area contributed by atoms with E-state index in [1.54, 1.807) is 13.0 Å². The van der Waals surface area contributed by atoms with Gasteiger partial charge < -0.3 is 35.3 Å². The molecule has 0 amide bonds. The second kappa shape index (κ2) is 9.00. The molecule has 0 unspecified atom stereocenters. The van der Waals surface area contributed by atoms with E-state index >= 15 is 0 Å². The topological polar surface area (TPSA) is 131 Å². The number of aliphatic hydroxyl groups excluding tert-OH is 2. The Morgan fingerprint density at radius 1 is 1.03 bits per heavy atom. The van der Waals surface area contributed by atoms with Gasteiger partial charge in [0.05, 0.1) is 23.9 Å². The summed E-state index contributed by atoms with van der Waals surface area (Å²) in [5.41, 5.74) is 6.24. The maximum atomic E-state index is 12.4. The molecule has 0 aromatic carbocycles. The van der Waals surface area contributed by atoms with Gasteiger partial charge in [-0.15, -0.1) is 0 Å². The molecular formula is C29H45NO7. The fraction of sp³-hybridized carbons (Fsp3) is 0.897. The molecule has 2 aliphatic heterocycles. The zero-order valence-corrected chi connectivity index (χ0v) is 22.5. The normalized spacial score (nSPS) is 55.6. The summed E-state index contributed by atoms with van der Waals surface area (Å²) >= 11 is 0. The second-order valence-electron chi connectivity index (χ2n) is 13.6. The van der Waals surface area contributed by atoms with E-state index in [1.807, 2.05) is 0 Å². The van der Waals surface area contributed by atoms with Crippen LogP contribution in [0.15, 0.2) is 11.6 Å². The van der Waals surface area contributed by atoms with Crippen molar-refractivity contribution in [1.29, 1.82) is 0 Å². The standard InChI is InChI=1S/C29H45NO7/c1-15-23(30)24(32)25(33)26(36-15)37-18-6-9-27(2)17(13-18)4-5-21-20(27)7-10-28(3)19(8-11-29(21,28)34)16-12-22(31)35-14-16/h12,15,17-21,23-26,32-34H,4-11,13-14,30H2,1-3H3/t15-,17-,18+,19-,20+,21-,23-,24+,25-,26+,27+,28-,29+/m1/s1. The number of cyclic esters (lactones) is 1. The van der Waals surface area contributed by atoms with Gasteiger partial charge in [-0.1, -0.05) is 13.8 Å². The van der Waals surface area contributed by atoms with Crippen LogP contribution in [-0.2, 0) is 19.0 Å². The molecule has 0 radical (unpaired) electrons. The van der Waals surface area contributed by atoms with Crippen LogP contribution in [0.4, 0.5) is 0 Å². The molecule has 13 atom stereocenters. The highest BCUT2D eigenvalue weighted by Crippen LogP contribution is 2.70. The van der Waals surface area contributed by atoms with Crippen molar-refractivity contribution in [1.82, 2.24) is 0 Å². The van der Waals surface area contributed by atoms with Crippen LogP contribution in [0, 0.1) is 34.5 Å². The number of hydrogen-bond acceptors (Lipinski definition) is 8. The summed E-state index contributed by atoms with van der Waals surface area (Å²) in [5, 5.41) is 33.2. The number of esters is 1. The lowest BCUT2D eigenvalue weighted by Gasteiger charge is -2.64. The number of fused-ring (bicyclic) bond motifs is 5. The zero-order chi connectivity index (χ0) is 26.3. The van der Waals surface area contributed by atoms with Crippen molar-refractivity contribution in [3.05, 3.63) is 11.6 Å². The van der Waals surface area contributed by atoms with Crippen molar-refractivity contribution in [2.75, 3.05) is 6.61 Å². The maximum Gasteiger partial charge on any atom is 0.331 e. The molecule has 208 valence electrons. The average molecular weight is 520 g/mol. The minimum absolute atomic E-state index is 0.0253. The van der Waals surface area contributed by atoms with Crippen LogP contribution >= 0.6 is 0 Å². The van der Waals surface area contributed by atoms with Gasteiger partial charge >= 0.3 is 5.97 Å². The van der Waals surface area contributed by atoms with Gasteiger partial charge in [0.1, 0.15) is 18.8 Å². The van der Waals surface area contributed by atoms with Crippen molar-refractivity contribution in [2.24, 2.45) is 40.2 Å². The summed E-state index contributed by atoms with van der Waals surface area (Å²) in [6.45, 7) is 6.89. The number of ether oxygens (including phenoxy) is 3. The molecule has 37 heavy (non-hydrogen) atoms. The molecule has 0 spiro atoms. The molecule has 4 aliphatic carbocycles. The van der Waals surface area contributed by atoms with Crippen LogP contribution in [0.25, 0.3) is 0 Å². The number of aliphatic hydroxyl groups is 3. The van der Waals surface area contributed by atoms with E-state index in [1.165, 1.54) is 0 Å². The molecule has 6 rings (SSSR count). The molecule has 1 saturated heterocycles. The molecule has 0 aromatic rings. The number of rotatable bonds is 3. The average Bonchev–Trinajstić information content (AvgIpc) is 3.41. The molecule has 8 nitrogen and oxygen atoms in total. The summed E-state index contributed by atoms with van der Waals surface area (Å²) in [6, 6.07) is -0.629. The Kier molecular flexibility index (Phi) is 6.37. The van der Waals surface area contributed by atoms with Gasteiger partial charge in [-0.25, -0.2) is 4.79 Å². The second-order valence-corrected chi connectivity index (χ2v) is 13.6.